The predicted octanol–water partition coefficient (Wildman–Crippen LogP) is 3.08. The minimum atomic E-state index is 0.126. The van der Waals surface area contributed by atoms with Crippen LogP contribution in [-0.2, 0) is 11.2 Å². The molecule has 3 heteroatoms. The quantitative estimate of drug-likeness (QED) is 0.748. The largest absolute Gasteiger partial charge is 0.294 e. The third-order valence-electron chi connectivity index (χ3n) is 3.32. The zero-order valence-electron chi connectivity index (χ0n) is 10.4. The van der Waals surface area contributed by atoms with Gasteiger partial charge in [0.05, 0.1) is 18.2 Å². The number of allylic oxidation sites excluding steroid dienone is 2. The van der Waals surface area contributed by atoms with Gasteiger partial charge in [-0.25, -0.2) is 0 Å². The zero-order valence-corrected chi connectivity index (χ0v) is 10.4. The van der Waals surface area contributed by atoms with Crippen LogP contribution in [-0.4, -0.2) is 15.6 Å². The molecule has 0 spiro atoms. The van der Waals surface area contributed by atoms with Crippen LogP contribution in [0.25, 0.3) is 0 Å². The van der Waals surface area contributed by atoms with Gasteiger partial charge in [-0.15, -0.1) is 0 Å². The molecule has 1 aliphatic carbocycles. The first-order valence-electron chi connectivity index (χ1n) is 6.49. The van der Waals surface area contributed by atoms with Crippen molar-refractivity contribution in [3.8, 4) is 0 Å². The SMILES string of the molecule is C/C=C/C(=O)Cc1ccn(C2CCCCC2)n1. The Bertz CT molecular complexity index is 400. The first-order chi connectivity index (χ1) is 8.29. The van der Waals surface area contributed by atoms with Crippen LogP contribution in [0.1, 0.15) is 50.8 Å². The van der Waals surface area contributed by atoms with Gasteiger partial charge in [0.1, 0.15) is 0 Å². The predicted molar refractivity (Wildman–Crippen MR) is 67.9 cm³/mol. The fourth-order valence-electron chi connectivity index (χ4n) is 2.44. The molecule has 0 atom stereocenters. The van der Waals surface area contributed by atoms with E-state index in [9.17, 15) is 4.79 Å². The Morgan fingerprint density at radius 1 is 1.47 bits per heavy atom. The summed E-state index contributed by atoms with van der Waals surface area (Å²) in [4.78, 5) is 11.5. The zero-order chi connectivity index (χ0) is 12.1. The van der Waals surface area contributed by atoms with E-state index in [0.29, 0.717) is 12.5 Å². The molecule has 92 valence electrons. The molecule has 0 unspecified atom stereocenters. The molecule has 17 heavy (non-hydrogen) atoms. The Morgan fingerprint density at radius 2 is 2.24 bits per heavy atom. The van der Waals surface area contributed by atoms with E-state index in [2.05, 4.69) is 9.78 Å². The molecule has 1 aliphatic rings. The van der Waals surface area contributed by atoms with Gasteiger partial charge >= 0.3 is 0 Å². The van der Waals surface area contributed by atoms with Gasteiger partial charge in [0, 0.05) is 6.20 Å². The summed E-state index contributed by atoms with van der Waals surface area (Å²) in [5.74, 6) is 0.126. The monoisotopic (exact) mass is 232 g/mol. The van der Waals surface area contributed by atoms with Gasteiger partial charge < -0.3 is 0 Å². The van der Waals surface area contributed by atoms with Crippen LogP contribution in [0.4, 0.5) is 0 Å². The second kappa shape index (κ2) is 5.80. The highest BCUT2D eigenvalue weighted by molar-refractivity contribution is 5.90. The van der Waals surface area contributed by atoms with Crippen molar-refractivity contribution >= 4 is 5.78 Å². The van der Waals surface area contributed by atoms with E-state index in [1.54, 1.807) is 12.2 Å². The summed E-state index contributed by atoms with van der Waals surface area (Å²) in [5.41, 5.74) is 0.888. The highest BCUT2D eigenvalue weighted by atomic mass is 16.1. The van der Waals surface area contributed by atoms with Gasteiger partial charge in [0.2, 0.25) is 0 Å². The van der Waals surface area contributed by atoms with Crippen molar-refractivity contribution in [2.75, 3.05) is 0 Å². The maximum Gasteiger partial charge on any atom is 0.161 e. The van der Waals surface area contributed by atoms with Gasteiger partial charge in [0.15, 0.2) is 5.78 Å². The maximum atomic E-state index is 11.5. The van der Waals surface area contributed by atoms with Crippen molar-refractivity contribution in [3.05, 3.63) is 30.1 Å². The van der Waals surface area contributed by atoms with Crippen molar-refractivity contribution < 1.29 is 4.79 Å². The number of nitrogens with zero attached hydrogens (tertiary/aromatic N) is 2. The standard InChI is InChI=1S/C14H20N2O/c1-2-6-14(17)11-12-9-10-16(15-12)13-7-4-3-5-8-13/h2,6,9-10,13H,3-5,7-8,11H2,1H3/b6-2+. The second-order valence-electron chi connectivity index (χ2n) is 4.72. The van der Waals surface area contributed by atoms with Crippen LogP contribution in [0.15, 0.2) is 24.4 Å². The van der Waals surface area contributed by atoms with Gasteiger partial charge in [0.25, 0.3) is 0 Å². The Morgan fingerprint density at radius 3 is 2.94 bits per heavy atom. The molecular formula is C14H20N2O. The molecule has 0 radical (unpaired) electrons. The number of aromatic nitrogens is 2. The van der Waals surface area contributed by atoms with E-state index in [0.717, 1.165) is 5.69 Å². The van der Waals surface area contributed by atoms with Crippen LogP contribution in [0.2, 0.25) is 0 Å². The Labute approximate surface area is 103 Å². The number of ketones is 1. The average Bonchev–Trinajstić information content (AvgIpc) is 2.79. The normalized spacial score (nSPS) is 17.7. The number of carbonyl (C=O) groups excluding carboxylic acids is 1. The van der Waals surface area contributed by atoms with E-state index in [-0.39, 0.29) is 5.78 Å². The molecule has 3 nitrogen and oxygen atoms in total. The fraction of sp³-hybridized carbons (Fsp3) is 0.571. The van der Waals surface area contributed by atoms with E-state index < -0.39 is 0 Å². The van der Waals surface area contributed by atoms with Gasteiger partial charge in [-0.1, -0.05) is 25.3 Å². The van der Waals surface area contributed by atoms with Crippen molar-refractivity contribution in [3.63, 3.8) is 0 Å². The topological polar surface area (TPSA) is 34.9 Å². The van der Waals surface area contributed by atoms with Gasteiger partial charge in [-0.3, -0.25) is 9.48 Å². The van der Waals surface area contributed by atoms with Crippen LogP contribution in [0.3, 0.4) is 0 Å². The third-order valence-corrected chi connectivity index (χ3v) is 3.32. The molecule has 1 aromatic heterocycles. The molecule has 1 saturated carbocycles. The van der Waals surface area contributed by atoms with E-state index in [4.69, 9.17) is 0 Å². The Kier molecular flexibility index (Phi) is 4.13. The molecule has 2 rings (SSSR count). The summed E-state index contributed by atoms with van der Waals surface area (Å²) < 4.78 is 2.05. The lowest BCUT2D eigenvalue weighted by Crippen LogP contribution is -2.13. The van der Waals surface area contributed by atoms with Crippen LogP contribution in [0, 0.1) is 0 Å². The summed E-state index contributed by atoms with van der Waals surface area (Å²) >= 11 is 0. The molecule has 0 aromatic carbocycles. The number of rotatable bonds is 4. The summed E-state index contributed by atoms with van der Waals surface area (Å²) in [6.07, 6.45) is 12.2. The van der Waals surface area contributed by atoms with Crippen LogP contribution >= 0.6 is 0 Å². The first-order valence-corrected chi connectivity index (χ1v) is 6.49. The number of carbonyl (C=O) groups is 1. The van der Waals surface area contributed by atoms with E-state index >= 15 is 0 Å². The van der Waals surface area contributed by atoms with Crippen LogP contribution < -0.4 is 0 Å². The lowest BCUT2D eigenvalue weighted by molar-refractivity contribution is -0.114. The van der Waals surface area contributed by atoms with E-state index in [1.807, 2.05) is 19.2 Å². The second-order valence-corrected chi connectivity index (χ2v) is 4.72. The van der Waals surface area contributed by atoms with Crippen molar-refractivity contribution in [2.24, 2.45) is 0 Å². The lowest BCUT2D eigenvalue weighted by atomic mass is 9.96. The highest BCUT2D eigenvalue weighted by Gasteiger charge is 2.16. The Hall–Kier alpha value is -1.38. The van der Waals surface area contributed by atoms with E-state index in [1.165, 1.54) is 32.1 Å². The molecule has 0 aliphatic heterocycles. The molecule has 1 aromatic rings. The molecule has 0 N–H and O–H groups in total. The first kappa shape index (κ1) is 12.1. The number of hydrogen-bond donors (Lipinski definition) is 0. The van der Waals surface area contributed by atoms with Crippen LogP contribution in [0.5, 0.6) is 0 Å². The van der Waals surface area contributed by atoms with Crippen molar-refractivity contribution in [1.29, 1.82) is 0 Å². The lowest BCUT2D eigenvalue weighted by Gasteiger charge is -2.21. The third kappa shape index (κ3) is 3.29. The minimum absolute atomic E-state index is 0.126. The molecule has 0 bridgehead atoms. The molecular weight excluding hydrogens is 212 g/mol. The Balaban J connectivity index is 1.97. The van der Waals surface area contributed by atoms with Gasteiger partial charge in [-0.05, 0) is 31.9 Å². The summed E-state index contributed by atoms with van der Waals surface area (Å²) in [5, 5.41) is 4.52. The average molecular weight is 232 g/mol. The summed E-state index contributed by atoms with van der Waals surface area (Å²) in [6, 6.07) is 2.52. The van der Waals surface area contributed by atoms with Crippen molar-refractivity contribution in [2.45, 2.75) is 51.5 Å². The molecule has 1 heterocycles. The fourth-order valence-corrected chi connectivity index (χ4v) is 2.44. The molecule has 1 fully saturated rings. The van der Waals surface area contributed by atoms with Crippen molar-refractivity contribution in [1.82, 2.24) is 9.78 Å². The minimum Gasteiger partial charge on any atom is -0.294 e. The maximum absolute atomic E-state index is 11.5. The summed E-state index contributed by atoms with van der Waals surface area (Å²) in [7, 11) is 0. The molecule has 0 saturated heterocycles. The number of hydrogen-bond acceptors (Lipinski definition) is 2. The highest BCUT2D eigenvalue weighted by Crippen LogP contribution is 2.27. The molecule has 0 amide bonds. The van der Waals surface area contributed by atoms with Gasteiger partial charge in [-0.2, -0.15) is 5.10 Å². The summed E-state index contributed by atoms with van der Waals surface area (Å²) in [6.45, 7) is 1.86. The smallest absolute Gasteiger partial charge is 0.161 e.